The third-order valence-electron chi connectivity index (χ3n) is 1.20. The summed E-state index contributed by atoms with van der Waals surface area (Å²) in [4.78, 5) is 20.6. The van der Waals surface area contributed by atoms with Crippen molar-refractivity contribution in [3.8, 4) is 0 Å². The number of rotatable bonds is 5. The standard InChI is InChI=1S/C8H17NO2P.CH4/c1-5-6-12(11)8(10)7-9(2,3)4;/h5,11H,1,6-7H2,2-4H3;1H4/q+1;. The van der Waals surface area contributed by atoms with E-state index in [1.807, 2.05) is 21.1 Å². The lowest BCUT2D eigenvalue weighted by Gasteiger charge is -2.23. The van der Waals surface area contributed by atoms with Crippen LogP contribution in [-0.2, 0) is 4.79 Å². The third kappa shape index (κ3) is 8.10. The highest BCUT2D eigenvalue weighted by molar-refractivity contribution is 7.69. The molecular formula is C9H21NO2P+. The third-order valence-corrected chi connectivity index (χ3v) is 2.52. The maximum Gasteiger partial charge on any atom is 0.235 e. The van der Waals surface area contributed by atoms with Crippen molar-refractivity contribution >= 4 is 13.7 Å². The number of carbonyl (C=O) groups excluding carboxylic acids is 1. The Hall–Kier alpha value is -0.240. The Balaban J connectivity index is 0. The van der Waals surface area contributed by atoms with Crippen molar-refractivity contribution in [2.45, 2.75) is 7.43 Å². The maximum atomic E-state index is 11.3. The first kappa shape index (κ1) is 15.2. The minimum atomic E-state index is -1.48. The monoisotopic (exact) mass is 206 g/mol. The average molecular weight is 206 g/mol. The molecule has 1 unspecified atom stereocenters. The summed E-state index contributed by atoms with van der Waals surface area (Å²) in [6.45, 7) is 3.86. The summed E-state index contributed by atoms with van der Waals surface area (Å²) < 4.78 is 0.565. The van der Waals surface area contributed by atoms with E-state index in [2.05, 4.69) is 6.58 Å². The van der Waals surface area contributed by atoms with Crippen molar-refractivity contribution in [3.05, 3.63) is 12.7 Å². The van der Waals surface area contributed by atoms with Gasteiger partial charge in [0.1, 0.15) is 14.7 Å². The van der Waals surface area contributed by atoms with Crippen LogP contribution >= 0.6 is 8.15 Å². The summed E-state index contributed by atoms with van der Waals surface area (Å²) >= 11 is 0. The molecule has 0 spiro atoms. The number of allylic oxidation sites excluding steroid dienone is 1. The Kier molecular flexibility index (Phi) is 7.33. The lowest BCUT2D eigenvalue weighted by molar-refractivity contribution is -0.861. The molecule has 0 saturated carbocycles. The number of quaternary nitrogens is 1. The predicted molar refractivity (Wildman–Crippen MR) is 58.8 cm³/mol. The molecule has 78 valence electrons. The van der Waals surface area contributed by atoms with Crippen LogP contribution in [0.2, 0.25) is 0 Å². The van der Waals surface area contributed by atoms with Gasteiger partial charge >= 0.3 is 0 Å². The van der Waals surface area contributed by atoms with Crippen LogP contribution in [-0.4, -0.2) is 48.8 Å². The zero-order valence-electron chi connectivity index (χ0n) is 7.95. The van der Waals surface area contributed by atoms with Crippen molar-refractivity contribution < 1.29 is 14.2 Å². The lowest BCUT2D eigenvalue weighted by atomic mass is 10.5. The fourth-order valence-electron chi connectivity index (χ4n) is 0.712. The second-order valence-electron chi connectivity index (χ2n) is 3.71. The summed E-state index contributed by atoms with van der Waals surface area (Å²) in [5.41, 5.74) is -0.0580. The summed E-state index contributed by atoms with van der Waals surface area (Å²) in [6, 6.07) is 0. The largest absolute Gasteiger partial charge is 0.366 e. The summed E-state index contributed by atoms with van der Waals surface area (Å²) in [6.07, 6.45) is 1.99. The van der Waals surface area contributed by atoms with Gasteiger partial charge in [0.05, 0.1) is 21.1 Å². The molecule has 0 fully saturated rings. The Labute approximate surface area is 82.5 Å². The van der Waals surface area contributed by atoms with E-state index in [0.717, 1.165) is 0 Å². The minimum Gasteiger partial charge on any atom is -0.366 e. The van der Waals surface area contributed by atoms with Crippen molar-refractivity contribution in [1.82, 2.24) is 0 Å². The summed E-state index contributed by atoms with van der Waals surface area (Å²) in [7, 11) is 4.30. The summed E-state index contributed by atoms with van der Waals surface area (Å²) in [5.74, 6) is 0. The van der Waals surface area contributed by atoms with Gasteiger partial charge in [0.2, 0.25) is 5.52 Å². The van der Waals surface area contributed by atoms with E-state index >= 15 is 0 Å². The second-order valence-corrected chi connectivity index (χ2v) is 5.38. The van der Waals surface area contributed by atoms with Gasteiger partial charge in [0.25, 0.3) is 0 Å². The van der Waals surface area contributed by atoms with Crippen LogP contribution in [0.1, 0.15) is 7.43 Å². The topological polar surface area (TPSA) is 37.3 Å². The molecule has 0 bridgehead atoms. The fraction of sp³-hybridized carbons (Fsp3) is 0.667. The molecule has 0 amide bonds. The zero-order chi connectivity index (χ0) is 9.78. The Morgan fingerprint density at radius 2 is 2.00 bits per heavy atom. The second kappa shape index (κ2) is 6.25. The summed E-state index contributed by atoms with van der Waals surface area (Å²) in [5, 5.41) is 0. The highest BCUT2D eigenvalue weighted by atomic mass is 31.1. The quantitative estimate of drug-likeness (QED) is 0.420. The van der Waals surface area contributed by atoms with Crippen LogP contribution < -0.4 is 0 Å². The van der Waals surface area contributed by atoms with Crippen molar-refractivity contribution in [1.29, 1.82) is 0 Å². The van der Waals surface area contributed by atoms with Crippen LogP contribution in [0, 0.1) is 0 Å². The first-order chi connectivity index (χ1) is 5.37. The highest BCUT2D eigenvalue weighted by Crippen LogP contribution is 2.30. The molecule has 0 aromatic carbocycles. The molecular weight excluding hydrogens is 185 g/mol. The smallest absolute Gasteiger partial charge is 0.235 e. The molecule has 0 aliphatic heterocycles. The van der Waals surface area contributed by atoms with Gasteiger partial charge in [-0.25, -0.2) is 0 Å². The van der Waals surface area contributed by atoms with Gasteiger partial charge in [-0.1, -0.05) is 13.5 Å². The van der Waals surface area contributed by atoms with Crippen molar-refractivity contribution in [2.75, 3.05) is 33.8 Å². The maximum absolute atomic E-state index is 11.3. The molecule has 0 aliphatic carbocycles. The molecule has 0 saturated heterocycles. The van der Waals surface area contributed by atoms with Gasteiger partial charge in [0, 0.05) is 6.16 Å². The molecule has 1 atom stereocenters. The zero-order valence-corrected chi connectivity index (χ0v) is 8.84. The van der Waals surface area contributed by atoms with E-state index in [0.29, 0.717) is 17.2 Å². The first-order valence-corrected chi connectivity index (χ1v) is 5.25. The number of likely N-dealkylation sites (N-methyl/N-ethyl adjacent to an activating group) is 1. The molecule has 0 aromatic rings. The minimum absolute atomic E-state index is 0. The molecule has 0 heterocycles. The van der Waals surface area contributed by atoms with E-state index < -0.39 is 8.15 Å². The number of hydrogen-bond acceptors (Lipinski definition) is 2. The number of carbonyl (C=O) groups is 1. The molecule has 0 aliphatic rings. The Bertz CT molecular complexity index is 175. The molecule has 0 aromatic heterocycles. The van der Waals surface area contributed by atoms with Gasteiger partial charge in [-0.05, 0) is 0 Å². The number of hydrogen-bond donors (Lipinski definition) is 1. The van der Waals surface area contributed by atoms with Gasteiger partial charge < -0.3 is 9.38 Å². The molecule has 0 rings (SSSR count). The van der Waals surface area contributed by atoms with E-state index in [1.54, 1.807) is 6.08 Å². The van der Waals surface area contributed by atoms with Crippen LogP contribution in [0.15, 0.2) is 12.7 Å². The highest BCUT2D eigenvalue weighted by Gasteiger charge is 2.20. The van der Waals surface area contributed by atoms with Crippen molar-refractivity contribution in [2.24, 2.45) is 0 Å². The normalized spacial score (nSPS) is 12.9. The van der Waals surface area contributed by atoms with Crippen LogP contribution in [0.3, 0.4) is 0 Å². The molecule has 1 N–H and O–H groups in total. The van der Waals surface area contributed by atoms with Crippen LogP contribution in [0.25, 0.3) is 0 Å². The average Bonchev–Trinajstić information content (AvgIpc) is 1.84. The Morgan fingerprint density at radius 1 is 1.54 bits per heavy atom. The van der Waals surface area contributed by atoms with Crippen LogP contribution in [0.4, 0.5) is 0 Å². The number of nitrogens with zero attached hydrogens (tertiary/aromatic N) is 1. The van der Waals surface area contributed by atoms with Gasteiger partial charge in [-0.15, -0.1) is 6.58 Å². The Morgan fingerprint density at radius 3 is 2.31 bits per heavy atom. The van der Waals surface area contributed by atoms with Crippen LogP contribution in [0.5, 0.6) is 0 Å². The van der Waals surface area contributed by atoms with E-state index in [-0.39, 0.29) is 13.0 Å². The van der Waals surface area contributed by atoms with E-state index in [1.165, 1.54) is 0 Å². The van der Waals surface area contributed by atoms with E-state index in [9.17, 15) is 9.69 Å². The van der Waals surface area contributed by atoms with Crippen molar-refractivity contribution in [3.63, 3.8) is 0 Å². The van der Waals surface area contributed by atoms with Gasteiger partial charge in [-0.2, -0.15) is 0 Å². The van der Waals surface area contributed by atoms with E-state index in [4.69, 9.17) is 0 Å². The fourth-order valence-corrected chi connectivity index (χ4v) is 1.75. The first-order valence-electron chi connectivity index (χ1n) is 3.77. The molecule has 4 heteroatoms. The molecule has 3 nitrogen and oxygen atoms in total. The molecule has 13 heavy (non-hydrogen) atoms. The van der Waals surface area contributed by atoms with Gasteiger partial charge in [0.15, 0.2) is 0 Å². The SMILES string of the molecule is C.C=CCP(O)C(=O)C[N+](C)(C)C. The molecule has 0 radical (unpaired) electrons. The predicted octanol–water partition coefficient (Wildman–Crippen LogP) is 1.43. The lowest BCUT2D eigenvalue weighted by Crippen LogP contribution is -2.39. The van der Waals surface area contributed by atoms with Gasteiger partial charge in [-0.3, -0.25) is 4.79 Å².